The average Bonchev–Trinajstić information content (AvgIpc) is 2.67. The fourth-order valence-corrected chi connectivity index (χ4v) is 3.32. The minimum absolute atomic E-state index is 0.129. The van der Waals surface area contributed by atoms with Crippen molar-refractivity contribution in [2.75, 3.05) is 11.4 Å². The molecule has 0 saturated carbocycles. The molecule has 2 heterocycles. The van der Waals surface area contributed by atoms with Crippen LogP contribution in [0.3, 0.4) is 0 Å². The second-order valence-corrected chi connectivity index (χ2v) is 6.32. The molecule has 3 rings (SSSR count). The third kappa shape index (κ3) is 3.94. The summed E-state index contributed by atoms with van der Waals surface area (Å²) in [7, 11) is 0. The Bertz CT molecular complexity index is 654. The van der Waals surface area contributed by atoms with Crippen molar-refractivity contribution in [3.8, 4) is 0 Å². The molecule has 1 unspecified atom stereocenters. The molecule has 1 aliphatic rings. The van der Waals surface area contributed by atoms with E-state index in [1.54, 1.807) is 0 Å². The van der Waals surface area contributed by atoms with Gasteiger partial charge in [-0.2, -0.15) is 0 Å². The molecule has 4 heteroatoms. The van der Waals surface area contributed by atoms with E-state index in [0.29, 0.717) is 18.3 Å². The second-order valence-electron chi connectivity index (χ2n) is 6.32. The summed E-state index contributed by atoms with van der Waals surface area (Å²) < 4.78 is 0. The van der Waals surface area contributed by atoms with Gasteiger partial charge in [0.2, 0.25) is 0 Å². The Kier molecular flexibility index (Phi) is 5.47. The summed E-state index contributed by atoms with van der Waals surface area (Å²) in [5.74, 6) is -0.129. The molecule has 1 saturated heterocycles. The number of rotatable bonds is 5. The smallest absolute Gasteiger partial charge is 0.270 e. The van der Waals surface area contributed by atoms with Crippen LogP contribution in [0.25, 0.3) is 0 Å². The highest BCUT2D eigenvalue weighted by molar-refractivity contribution is 5.92. The first kappa shape index (κ1) is 16.5. The number of anilines is 1. The molecule has 1 atom stereocenters. The first-order valence-corrected chi connectivity index (χ1v) is 8.82. The lowest BCUT2D eigenvalue weighted by atomic mass is 9.99. The minimum atomic E-state index is -0.129. The number of hydrogen-bond acceptors (Lipinski definition) is 3. The maximum atomic E-state index is 12.2. The molecule has 1 aliphatic heterocycles. The Morgan fingerprint density at radius 3 is 2.75 bits per heavy atom. The van der Waals surface area contributed by atoms with Crippen LogP contribution in [-0.2, 0) is 6.54 Å². The summed E-state index contributed by atoms with van der Waals surface area (Å²) in [6.45, 7) is 3.84. The van der Waals surface area contributed by atoms with Crippen molar-refractivity contribution in [2.24, 2.45) is 0 Å². The lowest BCUT2D eigenvalue weighted by Crippen LogP contribution is -2.39. The van der Waals surface area contributed by atoms with E-state index in [4.69, 9.17) is 0 Å². The lowest BCUT2D eigenvalue weighted by molar-refractivity contribution is 0.0946. The monoisotopic (exact) mass is 323 g/mol. The van der Waals surface area contributed by atoms with Gasteiger partial charge in [-0.15, -0.1) is 0 Å². The largest absolute Gasteiger partial charge is 0.367 e. The zero-order valence-electron chi connectivity index (χ0n) is 14.2. The zero-order chi connectivity index (χ0) is 16.8. The minimum Gasteiger partial charge on any atom is -0.367 e. The first-order valence-electron chi connectivity index (χ1n) is 8.82. The summed E-state index contributed by atoms with van der Waals surface area (Å²) in [6, 6.07) is 14.4. The van der Waals surface area contributed by atoms with Crippen LogP contribution in [0, 0.1) is 0 Å². The van der Waals surface area contributed by atoms with E-state index in [-0.39, 0.29) is 5.91 Å². The standard InChI is InChI=1S/C20H25N3O/c1-2-17-10-6-7-13-23(17)18-11-12-19(21-15-18)20(24)22-14-16-8-4-3-5-9-16/h3-5,8-9,11-12,15,17H,2,6-7,10,13-14H2,1H3,(H,22,24). The number of carbonyl (C=O) groups excluding carboxylic acids is 1. The van der Waals surface area contributed by atoms with Gasteiger partial charge in [0.1, 0.15) is 5.69 Å². The number of hydrogen-bond donors (Lipinski definition) is 1. The summed E-state index contributed by atoms with van der Waals surface area (Å²) in [5, 5.41) is 2.92. The van der Waals surface area contributed by atoms with Gasteiger partial charge in [0.25, 0.3) is 5.91 Å². The van der Waals surface area contributed by atoms with Crippen molar-refractivity contribution in [3.63, 3.8) is 0 Å². The van der Waals surface area contributed by atoms with Crippen LogP contribution in [-0.4, -0.2) is 23.5 Å². The van der Waals surface area contributed by atoms with Crippen molar-refractivity contribution in [1.29, 1.82) is 0 Å². The van der Waals surface area contributed by atoms with E-state index in [2.05, 4.69) is 22.1 Å². The number of benzene rings is 1. The molecule has 1 N–H and O–H groups in total. The number of nitrogens with one attached hydrogen (secondary N) is 1. The van der Waals surface area contributed by atoms with E-state index in [0.717, 1.165) is 24.2 Å². The van der Waals surface area contributed by atoms with Crippen LogP contribution >= 0.6 is 0 Å². The summed E-state index contributed by atoms with van der Waals surface area (Å²) in [5.41, 5.74) is 2.68. The quantitative estimate of drug-likeness (QED) is 0.911. The number of aromatic nitrogens is 1. The average molecular weight is 323 g/mol. The third-order valence-corrected chi connectivity index (χ3v) is 4.71. The molecule has 1 fully saturated rings. The predicted molar refractivity (Wildman–Crippen MR) is 97.1 cm³/mol. The van der Waals surface area contributed by atoms with E-state index >= 15 is 0 Å². The molecule has 0 spiro atoms. The molecule has 2 aromatic rings. The van der Waals surface area contributed by atoms with Crippen molar-refractivity contribution >= 4 is 11.6 Å². The van der Waals surface area contributed by atoms with Gasteiger partial charge in [0.05, 0.1) is 11.9 Å². The Morgan fingerprint density at radius 2 is 2.04 bits per heavy atom. The van der Waals surface area contributed by atoms with Crippen molar-refractivity contribution in [1.82, 2.24) is 10.3 Å². The molecule has 4 nitrogen and oxygen atoms in total. The Balaban J connectivity index is 1.62. The SMILES string of the molecule is CCC1CCCCN1c1ccc(C(=O)NCc2ccccc2)nc1. The van der Waals surface area contributed by atoms with Gasteiger partial charge >= 0.3 is 0 Å². The molecule has 1 aromatic heterocycles. The van der Waals surface area contributed by atoms with E-state index in [1.807, 2.05) is 48.7 Å². The molecule has 1 amide bonds. The number of pyridine rings is 1. The Morgan fingerprint density at radius 1 is 1.21 bits per heavy atom. The third-order valence-electron chi connectivity index (χ3n) is 4.71. The molecule has 0 aliphatic carbocycles. The van der Waals surface area contributed by atoms with Gasteiger partial charge in [-0.25, -0.2) is 4.98 Å². The van der Waals surface area contributed by atoms with Crippen molar-refractivity contribution in [3.05, 3.63) is 59.9 Å². The van der Waals surface area contributed by atoms with Crippen molar-refractivity contribution in [2.45, 2.75) is 45.2 Å². The normalized spacial score (nSPS) is 17.5. The van der Waals surface area contributed by atoms with E-state index in [1.165, 1.54) is 19.3 Å². The number of amides is 1. The summed E-state index contributed by atoms with van der Waals surface area (Å²) in [6.07, 6.45) is 6.78. The fourth-order valence-electron chi connectivity index (χ4n) is 3.32. The maximum Gasteiger partial charge on any atom is 0.270 e. The number of carbonyl (C=O) groups is 1. The van der Waals surface area contributed by atoms with Crippen LogP contribution in [0.4, 0.5) is 5.69 Å². The molecular weight excluding hydrogens is 298 g/mol. The van der Waals surface area contributed by atoms with Gasteiger partial charge in [0.15, 0.2) is 0 Å². The van der Waals surface area contributed by atoms with Crippen LogP contribution in [0.5, 0.6) is 0 Å². The Hall–Kier alpha value is -2.36. The fraction of sp³-hybridized carbons (Fsp3) is 0.400. The highest BCUT2D eigenvalue weighted by Gasteiger charge is 2.21. The Labute approximate surface area is 143 Å². The van der Waals surface area contributed by atoms with Crippen LogP contribution in [0.1, 0.15) is 48.7 Å². The molecule has 0 bridgehead atoms. The maximum absolute atomic E-state index is 12.2. The summed E-state index contributed by atoms with van der Waals surface area (Å²) >= 11 is 0. The van der Waals surface area contributed by atoms with E-state index < -0.39 is 0 Å². The van der Waals surface area contributed by atoms with Crippen LogP contribution < -0.4 is 10.2 Å². The molecule has 1 aromatic carbocycles. The molecule has 24 heavy (non-hydrogen) atoms. The molecule has 0 radical (unpaired) electrons. The van der Waals surface area contributed by atoms with Crippen LogP contribution in [0.2, 0.25) is 0 Å². The van der Waals surface area contributed by atoms with Crippen LogP contribution in [0.15, 0.2) is 48.7 Å². The predicted octanol–water partition coefficient (Wildman–Crippen LogP) is 3.78. The van der Waals surface area contributed by atoms with Crippen molar-refractivity contribution < 1.29 is 4.79 Å². The van der Waals surface area contributed by atoms with Gasteiger partial charge in [-0.1, -0.05) is 37.3 Å². The van der Waals surface area contributed by atoms with Gasteiger partial charge in [-0.05, 0) is 43.4 Å². The topological polar surface area (TPSA) is 45.2 Å². The number of piperidine rings is 1. The zero-order valence-corrected chi connectivity index (χ0v) is 14.2. The highest BCUT2D eigenvalue weighted by Crippen LogP contribution is 2.25. The second kappa shape index (κ2) is 7.95. The lowest BCUT2D eigenvalue weighted by Gasteiger charge is -2.37. The highest BCUT2D eigenvalue weighted by atomic mass is 16.1. The van der Waals surface area contributed by atoms with E-state index in [9.17, 15) is 4.79 Å². The molecule has 126 valence electrons. The first-order chi connectivity index (χ1) is 11.8. The van der Waals surface area contributed by atoms with Gasteiger partial charge in [0, 0.05) is 19.1 Å². The molecular formula is C20H25N3O. The van der Waals surface area contributed by atoms with Gasteiger partial charge in [-0.3, -0.25) is 4.79 Å². The summed E-state index contributed by atoms with van der Waals surface area (Å²) in [4.78, 5) is 19.1. The van der Waals surface area contributed by atoms with Gasteiger partial charge < -0.3 is 10.2 Å². The number of nitrogens with zero attached hydrogens (tertiary/aromatic N) is 2.